The van der Waals surface area contributed by atoms with E-state index in [4.69, 9.17) is 5.73 Å². The van der Waals surface area contributed by atoms with E-state index < -0.39 is 5.54 Å². The molecule has 0 unspecified atom stereocenters. The third-order valence-corrected chi connectivity index (χ3v) is 3.41. The van der Waals surface area contributed by atoms with E-state index in [1.165, 1.54) is 4.90 Å². The number of carbonyl (C=O) groups excluding carboxylic acids is 2. The Balaban J connectivity index is 0.00000200. The maximum atomic E-state index is 11.9. The van der Waals surface area contributed by atoms with Crippen LogP contribution in [0.1, 0.15) is 12.8 Å². The van der Waals surface area contributed by atoms with Crippen LogP contribution in [0.3, 0.4) is 0 Å². The quantitative estimate of drug-likeness (QED) is 0.804. The minimum Gasteiger partial charge on any atom is -0.335 e. The zero-order valence-electron chi connectivity index (χ0n) is 11.3. The molecule has 1 fully saturated rings. The molecule has 0 saturated heterocycles. The van der Waals surface area contributed by atoms with Gasteiger partial charge in [-0.15, -0.1) is 24.8 Å². The molecule has 3 N–H and O–H groups in total. The number of halogens is 3. The van der Waals surface area contributed by atoms with Gasteiger partial charge < -0.3 is 16.0 Å². The van der Waals surface area contributed by atoms with Gasteiger partial charge in [0.05, 0.1) is 12.1 Å². The summed E-state index contributed by atoms with van der Waals surface area (Å²) in [5, 5.41) is 2.62. The highest BCUT2D eigenvalue weighted by atomic mass is 79.9. The summed E-state index contributed by atoms with van der Waals surface area (Å²) in [6.45, 7) is -0.0322. The summed E-state index contributed by atoms with van der Waals surface area (Å²) >= 11 is 3.26. The minimum atomic E-state index is -0.745. The van der Waals surface area contributed by atoms with Crippen molar-refractivity contribution < 1.29 is 9.59 Å². The second-order valence-electron chi connectivity index (χ2n) is 4.73. The van der Waals surface area contributed by atoms with Gasteiger partial charge in [-0.1, -0.05) is 0 Å². The first-order chi connectivity index (χ1) is 8.90. The predicted molar refractivity (Wildman–Crippen MR) is 88.9 cm³/mol. The number of nitrogens with two attached hydrogens (primary N) is 1. The number of likely N-dealkylation sites (N-methyl/N-ethyl adjacent to an activating group) is 1. The van der Waals surface area contributed by atoms with Crippen LogP contribution in [0.2, 0.25) is 0 Å². The van der Waals surface area contributed by atoms with E-state index in [9.17, 15) is 9.59 Å². The Hall–Kier alpha value is -0.890. The van der Waals surface area contributed by atoms with Crippen LogP contribution in [0.25, 0.3) is 0 Å². The van der Waals surface area contributed by atoms with Crippen LogP contribution in [-0.4, -0.2) is 40.8 Å². The summed E-state index contributed by atoms with van der Waals surface area (Å²) in [7, 11) is 1.57. The molecule has 1 aliphatic carbocycles. The van der Waals surface area contributed by atoms with Crippen LogP contribution in [0.15, 0.2) is 22.8 Å². The Labute approximate surface area is 143 Å². The molecule has 0 atom stereocenters. The van der Waals surface area contributed by atoms with Gasteiger partial charge in [0.2, 0.25) is 11.8 Å². The number of hydrogen-bond donors (Lipinski definition) is 2. The summed E-state index contributed by atoms with van der Waals surface area (Å²) in [5.74, 6) is -0.0377. The lowest BCUT2D eigenvalue weighted by Crippen LogP contribution is -2.46. The SMILES string of the molecule is CN(CC(=O)Nc1ccc(Br)cn1)C(=O)C1(N)CC1.Cl.Cl. The van der Waals surface area contributed by atoms with Crippen molar-refractivity contribution in [2.24, 2.45) is 5.73 Å². The molecule has 1 heterocycles. The van der Waals surface area contributed by atoms with Gasteiger partial charge in [0.1, 0.15) is 5.82 Å². The van der Waals surface area contributed by atoms with Gasteiger partial charge in [0, 0.05) is 17.7 Å². The van der Waals surface area contributed by atoms with Crippen molar-refractivity contribution in [3.8, 4) is 0 Å². The molecule has 1 aliphatic rings. The first-order valence-electron chi connectivity index (χ1n) is 5.86. The van der Waals surface area contributed by atoms with E-state index in [1.54, 1.807) is 25.4 Å². The van der Waals surface area contributed by atoms with Gasteiger partial charge in [-0.25, -0.2) is 4.98 Å². The monoisotopic (exact) mass is 398 g/mol. The number of rotatable bonds is 4. The smallest absolute Gasteiger partial charge is 0.245 e. The fraction of sp³-hybridized carbons (Fsp3) is 0.417. The zero-order chi connectivity index (χ0) is 14.0. The topological polar surface area (TPSA) is 88.3 Å². The largest absolute Gasteiger partial charge is 0.335 e. The molecule has 0 radical (unpaired) electrons. The first-order valence-corrected chi connectivity index (χ1v) is 6.66. The van der Waals surface area contributed by atoms with Crippen LogP contribution >= 0.6 is 40.7 Å². The second-order valence-corrected chi connectivity index (χ2v) is 5.64. The molecule has 1 saturated carbocycles. The zero-order valence-corrected chi connectivity index (χ0v) is 14.6. The number of anilines is 1. The van der Waals surface area contributed by atoms with Crippen LogP contribution in [0.4, 0.5) is 5.82 Å². The van der Waals surface area contributed by atoms with Crippen molar-refractivity contribution in [3.63, 3.8) is 0 Å². The Bertz CT molecular complexity index is 508. The molecule has 0 spiro atoms. The van der Waals surface area contributed by atoms with Crippen LogP contribution in [-0.2, 0) is 9.59 Å². The standard InChI is InChI=1S/C12H15BrN4O2.2ClH/c1-17(11(19)12(14)4-5-12)7-10(18)16-9-3-2-8(13)6-15-9;;/h2-3,6H,4-5,7,14H2,1H3,(H,15,16,18);2*1H. The molecular formula is C12H17BrCl2N4O2. The van der Waals surface area contributed by atoms with Crippen LogP contribution in [0, 0.1) is 0 Å². The number of nitrogens with zero attached hydrogens (tertiary/aromatic N) is 2. The predicted octanol–water partition coefficient (Wildman–Crippen LogP) is 1.58. The second kappa shape index (κ2) is 7.93. The summed E-state index contributed by atoms with van der Waals surface area (Å²) < 4.78 is 0.830. The molecule has 21 heavy (non-hydrogen) atoms. The minimum absolute atomic E-state index is 0. The fourth-order valence-electron chi connectivity index (χ4n) is 1.65. The summed E-state index contributed by atoms with van der Waals surface area (Å²) in [6.07, 6.45) is 2.96. The van der Waals surface area contributed by atoms with Crippen molar-refractivity contribution in [1.82, 2.24) is 9.88 Å². The fourth-order valence-corrected chi connectivity index (χ4v) is 1.88. The summed E-state index contributed by atoms with van der Waals surface area (Å²) in [4.78, 5) is 29.0. The average Bonchev–Trinajstić information content (AvgIpc) is 3.10. The molecule has 6 nitrogen and oxygen atoms in total. The molecule has 2 amide bonds. The number of nitrogens with one attached hydrogen (secondary N) is 1. The lowest BCUT2D eigenvalue weighted by Gasteiger charge is -2.20. The van der Waals surface area contributed by atoms with Crippen molar-refractivity contribution in [2.45, 2.75) is 18.4 Å². The number of pyridine rings is 1. The number of carbonyl (C=O) groups is 2. The number of amides is 2. The summed E-state index contributed by atoms with van der Waals surface area (Å²) in [6, 6.07) is 3.45. The molecular weight excluding hydrogens is 383 g/mol. The molecule has 118 valence electrons. The van der Waals surface area contributed by atoms with Crippen molar-refractivity contribution in [3.05, 3.63) is 22.8 Å². The lowest BCUT2D eigenvalue weighted by atomic mass is 10.2. The van der Waals surface area contributed by atoms with E-state index in [0.29, 0.717) is 18.7 Å². The van der Waals surface area contributed by atoms with E-state index in [-0.39, 0.29) is 43.2 Å². The molecule has 0 bridgehead atoms. The van der Waals surface area contributed by atoms with Crippen LogP contribution < -0.4 is 11.1 Å². The molecule has 1 aromatic heterocycles. The van der Waals surface area contributed by atoms with Gasteiger partial charge in [-0.3, -0.25) is 9.59 Å². The maximum Gasteiger partial charge on any atom is 0.245 e. The Morgan fingerprint density at radius 2 is 2.05 bits per heavy atom. The Morgan fingerprint density at radius 3 is 2.52 bits per heavy atom. The summed E-state index contributed by atoms with van der Waals surface area (Å²) in [5.41, 5.74) is 5.05. The third kappa shape index (κ3) is 5.43. The van der Waals surface area contributed by atoms with Crippen molar-refractivity contribution in [1.29, 1.82) is 0 Å². The first kappa shape index (κ1) is 20.1. The molecule has 0 aromatic carbocycles. The van der Waals surface area contributed by atoms with Gasteiger partial charge in [-0.2, -0.15) is 0 Å². The van der Waals surface area contributed by atoms with E-state index in [1.807, 2.05) is 0 Å². The number of hydrogen-bond acceptors (Lipinski definition) is 4. The van der Waals surface area contributed by atoms with Gasteiger partial charge in [0.15, 0.2) is 0 Å². The molecule has 0 aliphatic heterocycles. The van der Waals surface area contributed by atoms with Gasteiger partial charge >= 0.3 is 0 Å². The highest BCUT2D eigenvalue weighted by molar-refractivity contribution is 9.10. The average molecular weight is 400 g/mol. The van der Waals surface area contributed by atoms with E-state index in [2.05, 4.69) is 26.2 Å². The van der Waals surface area contributed by atoms with E-state index in [0.717, 1.165) is 4.47 Å². The molecule has 2 rings (SSSR count). The molecule has 9 heteroatoms. The Kier molecular flexibility index (Phi) is 7.60. The maximum absolute atomic E-state index is 11.9. The van der Waals surface area contributed by atoms with Crippen LogP contribution in [0.5, 0.6) is 0 Å². The van der Waals surface area contributed by atoms with Gasteiger partial charge in [0.25, 0.3) is 0 Å². The molecule has 1 aromatic rings. The van der Waals surface area contributed by atoms with Crippen molar-refractivity contribution >= 4 is 58.4 Å². The van der Waals surface area contributed by atoms with Crippen molar-refractivity contribution in [2.75, 3.05) is 18.9 Å². The third-order valence-electron chi connectivity index (χ3n) is 2.94. The highest BCUT2D eigenvalue weighted by Crippen LogP contribution is 2.33. The van der Waals surface area contributed by atoms with E-state index >= 15 is 0 Å². The van der Waals surface area contributed by atoms with Gasteiger partial charge in [-0.05, 0) is 40.9 Å². The Morgan fingerprint density at radius 1 is 1.43 bits per heavy atom. The normalized spacial score (nSPS) is 14.2. The highest BCUT2D eigenvalue weighted by Gasteiger charge is 2.47. The lowest BCUT2D eigenvalue weighted by molar-refractivity contribution is -0.135. The number of aromatic nitrogens is 1.